The largest absolute Gasteiger partial charge is 0.478 e. The summed E-state index contributed by atoms with van der Waals surface area (Å²) in [6.07, 6.45) is 1.46. The van der Waals surface area contributed by atoms with Gasteiger partial charge in [-0.05, 0) is 48.4 Å². The van der Waals surface area contributed by atoms with Crippen molar-refractivity contribution in [2.45, 2.75) is 13.5 Å². The highest BCUT2D eigenvalue weighted by Crippen LogP contribution is 2.28. The van der Waals surface area contributed by atoms with Crippen LogP contribution in [0.3, 0.4) is 0 Å². The number of carboxylic acid groups (broad SMARTS) is 1. The average Bonchev–Trinajstić information content (AvgIpc) is 3.29. The number of aromatic carboxylic acids is 1. The molecule has 8 heteroatoms. The predicted molar refractivity (Wildman–Crippen MR) is 114 cm³/mol. The van der Waals surface area contributed by atoms with Crippen LogP contribution in [-0.4, -0.2) is 27.9 Å². The summed E-state index contributed by atoms with van der Waals surface area (Å²) in [6, 6.07) is 14.6. The fourth-order valence-corrected chi connectivity index (χ4v) is 3.50. The number of furan rings is 1. The number of hydrogen-bond acceptors (Lipinski definition) is 4. The van der Waals surface area contributed by atoms with Gasteiger partial charge >= 0.3 is 12.0 Å². The molecule has 1 aliphatic heterocycles. The Kier molecular flexibility index (Phi) is 5.35. The minimum Gasteiger partial charge on any atom is -0.478 e. The van der Waals surface area contributed by atoms with E-state index in [4.69, 9.17) is 21.1 Å². The van der Waals surface area contributed by atoms with Gasteiger partial charge in [0, 0.05) is 16.7 Å². The molecule has 1 aliphatic rings. The third-order valence-electron chi connectivity index (χ3n) is 4.90. The van der Waals surface area contributed by atoms with Crippen molar-refractivity contribution in [1.82, 2.24) is 10.2 Å². The highest BCUT2D eigenvalue weighted by atomic mass is 35.5. The van der Waals surface area contributed by atoms with Gasteiger partial charge in [0.05, 0.1) is 12.1 Å². The third-order valence-corrected chi connectivity index (χ3v) is 5.27. The van der Waals surface area contributed by atoms with Crippen molar-refractivity contribution in [2.24, 2.45) is 0 Å². The summed E-state index contributed by atoms with van der Waals surface area (Å²) in [6.45, 7) is 1.84. The lowest BCUT2D eigenvalue weighted by atomic mass is 10.0. The van der Waals surface area contributed by atoms with E-state index in [9.17, 15) is 14.4 Å². The Bertz CT molecular complexity index is 1240. The summed E-state index contributed by atoms with van der Waals surface area (Å²) in [7, 11) is 0. The molecule has 1 fully saturated rings. The van der Waals surface area contributed by atoms with Crippen molar-refractivity contribution in [1.29, 1.82) is 0 Å². The monoisotopic (exact) mass is 436 g/mol. The van der Waals surface area contributed by atoms with Crippen molar-refractivity contribution >= 4 is 35.6 Å². The van der Waals surface area contributed by atoms with Gasteiger partial charge in [-0.3, -0.25) is 9.69 Å². The normalized spacial score (nSPS) is 14.9. The maximum absolute atomic E-state index is 12.7. The molecule has 0 atom stereocenters. The Morgan fingerprint density at radius 2 is 1.94 bits per heavy atom. The SMILES string of the molecule is Cc1cc(C(=O)O)ccc1-c1ccc(/C=C2/NC(=O)N(Cc3ccccc3Cl)C2=O)o1. The van der Waals surface area contributed by atoms with E-state index in [1.807, 2.05) is 0 Å². The summed E-state index contributed by atoms with van der Waals surface area (Å²) in [4.78, 5) is 37.2. The van der Waals surface area contributed by atoms with Crippen molar-refractivity contribution in [2.75, 3.05) is 0 Å². The minimum atomic E-state index is -1.00. The van der Waals surface area contributed by atoms with Crippen LogP contribution in [0.5, 0.6) is 0 Å². The predicted octanol–water partition coefficient (Wildman–Crippen LogP) is 4.70. The molecule has 3 aromatic rings. The summed E-state index contributed by atoms with van der Waals surface area (Å²) in [5, 5.41) is 12.1. The Morgan fingerprint density at radius 3 is 2.65 bits per heavy atom. The van der Waals surface area contributed by atoms with Crippen LogP contribution in [0.15, 0.2) is 64.7 Å². The molecule has 2 aromatic carbocycles. The van der Waals surface area contributed by atoms with E-state index in [0.29, 0.717) is 22.1 Å². The molecule has 7 nitrogen and oxygen atoms in total. The number of aryl methyl sites for hydroxylation is 1. The lowest BCUT2D eigenvalue weighted by Gasteiger charge is -2.12. The van der Waals surface area contributed by atoms with Crippen LogP contribution in [0.1, 0.15) is 27.2 Å². The van der Waals surface area contributed by atoms with E-state index >= 15 is 0 Å². The molecule has 0 saturated carbocycles. The number of imide groups is 1. The fourth-order valence-electron chi connectivity index (χ4n) is 3.30. The number of benzene rings is 2. The Hall–Kier alpha value is -3.84. The van der Waals surface area contributed by atoms with Crippen LogP contribution in [0.2, 0.25) is 5.02 Å². The molecule has 1 aromatic heterocycles. The summed E-state index contributed by atoms with van der Waals surface area (Å²) in [5.41, 5.74) is 2.42. The Balaban J connectivity index is 1.56. The topological polar surface area (TPSA) is 99.9 Å². The summed E-state index contributed by atoms with van der Waals surface area (Å²) >= 11 is 6.13. The minimum absolute atomic E-state index is 0.0558. The van der Waals surface area contributed by atoms with Crippen molar-refractivity contribution in [3.05, 3.63) is 87.8 Å². The maximum atomic E-state index is 12.7. The summed E-state index contributed by atoms with van der Waals surface area (Å²) in [5.74, 6) is -0.591. The van der Waals surface area contributed by atoms with Crippen LogP contribution >= 0.6 is 11.6 Å². The van der Waals surface area contributed by atoms with Crippen molar-refractivity contribution in [3.8, 4) is 11.3 Å². The lowest BCUT2D eigenvalue weighted by Crippen LogP contribution is -2.30. The van der Waals surface area contributed by atoms with Crippen LogP contribution in [0.4, 0.5) is 4.79 Å². The molecule has 1 saturated heterocycles. The quantitative estimate of drug-likeness (QED) is 0.446. The number of nitrogens with zero attached hydrogens (tertiary/aromatic N) is 1. The molecule has 0 aliphatic carbocycles. The first-order valence-electron chi connectivity index (χ1n) is 9.35. The van der Waals surface area contributed by atoms with E-state index in [0.717, 1.165) is 16.0 Å². The van der Waals surface area contributed by atoms with E-state index in [1.165, 1.54) is 12.1 Å². The van der Waals surface area contributed by atoms with Crippen LogP contribution in [0.25, 0.3) is 17.4 Å². The van der Waals surface area contributed by atoms with Crippen LogP contribution in [-0.2, 0) is 11.3 Å². The summed E-state index contributed by atoms with van der Waals surface area (Å²) < 4.78 is 5.80. The number of carboxylic acids is 1. The zero-order valence-electron chi connectivity index (χ0n) is 16.4. The van der Waals surface area contributed by atoms with E-state index in [1.54, 1.807) is 55.5 Å². The van der Waals surface area contributed by atoms with E-state index in [2.05, 4.69) is 5.32 Å². The van der Waals surface area contributed by atoms with Crippen LogP contribution in [0, 0.1) is 6.92 Å². The zero-order valence-corrected chi connectivity index (χ0v) is 17.1. The van der Waals surface area contributed by atoms with Gasteiger partial charge < -0.3 is 14.8 Å². The number of hydrogen-bond donors (Lipinski definition) is 2. The van der Waals surface area contributed by atoms with Crippen LogP contribution < -0.4 is 5.32 Å². The van der Waals surface area contributed by atoms with Gasteiger partial charge in [0.2, 0.25) is 0 Å². The smallest absolute Gasteiger partial charge is 0.335 e. The van der Waals surface area contributed by atoms with Gasteiger partial charge in [-0.1, -0.05) is 35.9 Å². The van der Waals surface area contributed by atoms with Gasteiger partial charge in [-0.25, -0.2) is 9.59 Å². The highest BCUT2D eigenvalue weighted by Gasteiger charge is 2.34. The second-order valence-corrected chi connectivity index (χ2v) is 7.41. The number of halogens is 1. The number of urea groups is 1. The van der Waals surface area contributed by atoms with Gasteiger partial charge in [-0.2, -0.15) is 0 Å². The Morgan fingerprint density at radius 1 is 1.16 bits per heavy atom. The zero-order chi connectivity index (χ0) is 22.1. The third kappa shape index (κ3) is 4.08. The number of nitrogens with one attached hydrogen (secondary N) is 1. The molecule has 4 rings (SSSR count). The first-order chi connectivity index (χ1) is 14.8. The fraction of sp³-hybridized carbons (Fsp3) is 0.0870. The lowest BCUT2D eigenvalue weighted by molar-refractivity contribution is -0.123. The van der Waals surface area contributed by atoms with Gasteiger partial charge in [0.25, 0.3) is 5.91 Å². The second-order valence-electron chi connectivity index (χ2n) is 7.01. The van der Waals surface area contributed by atoms with E-state index in [-0.39, 0.29) is 17.8 Å². The molecule has 3 amide bonds. The van der Waals surface area contributed by atoms with E-state index < -0.39 is 17.9 Å². The molecule has 2 heterocycles. The molecular weight excluding hydrogens is 420 g/mol. The molecule has 0 spiro atoms. The average molecular weight is 437 g/mol. The standard InChI is InChI=1S/C23H17ClN2O5/c1-13-10-14(22(28)29)6-8-17(13)20-9-7-16(31-20)11-19-21(27)26(23(30)25-19)12-15-4-2-3-5-18(15)24/h2-11H,12H2,1H3,(H,25,30)(H,28,29)/b19-11+. The molecular formula is C23H17ClN2O5. The first-order valence-corrected chi connectivity index (χ1v) is 9.73. The molecule has 0 bridgehead atoms. The number of carbonyl (C=O) groups is 3. The second kappa shape index (κ2) is 8.12. The molecule has 0 unspecified atom stereocenters. The number of rotatable bonds is 5. The molecule has 156 valence electrons. The molecule has 31 heavy (non-hydrogen) atoms. The molecule has 0 radical (unpaired) electrons. The Labute approximate surface area is 182 Å². The highest BCUT2D eigenvalue weighted by molar-refractivity contribution is 6.31. The van der Waals surface area contributed by atoms with Gasteiger partial charge in [-0.15, -0.1) is 0 Å². The number of amides is 3. The maximum Gasteiger partial charge on any atom is 0.335 e. The van der Waals surface area contributed by atoms with Gasteiger partial charge in [0.15, 0.2) is 0 Å². The first kappa shape index (κ1) is 20.4. The number of carbonyl (C=O) groups excluding carboxylic acids is 2. The van der Waals surface area contributed by atoms with Crippen molar-refractivity contribution in [3.63, 3.8) is 0 Å². The van der Waals surface area contributed by atoms with Crippen molar-refractivity contribution < 1.29 is 23.9 Å². The van der Waals surface area contributed by atoms with Gasteiger partial charge in [0.1, 0.15) is 17.2 Å². The molecule has 2 N–H and O–H groups in total.